The van der Waals surface area contributed by atoms with E-state index in [0.717, 1.165) is 0 Å². The molecule has 0 spiro atoms. The van der Waals surface area contributed by atoms with Gasteiger partial charge in [-0.2, -0.15) is 4.98 Å². The number of hydrogen-bond acceptors (Lipinski definition) is 5. The van der Waals surface area contributed by atoms with E-state index in [2.05, 4.69) is 42.1 Å². The lowest BCUT2D eigenvalue weighted by molar-refractivity contribution is 0.397. The summed E-state index contributed by atoms with van der Waals surface area (Å²) < 4.78 is 5.08. The topological polar surface area (TPSA) is 47.0 Å². The molecule has 1 unspecified atom stereocenters. The van der Waals surface area contributed by atoms with E-state index in [4.69, 9.17) is 4.74 Å². The summed E-state index contributed by atoms with van der Waals surface area (Å²) in [6.07, 6.45) is 1.69. The summed E-state index contributed by atoms with van der Waals surface area (Å²) in [6, 6.07) is 4.12. The molecule has 1 atom stereocenters. The van der Waals surface area contributed by atoms with E-state index in [1.807, 2.05) is 11.3 Å². The lowest BCUT2D eigenvalue weighted by Crippen LogP contribution is -2.09. The van der Waals surface area contributed by atoms with Crippen LogP contribution < -0.4 is 10.1 Å². The third-order valence-electron chi connectivity index (χ3n) is 2.73. The molecule has 0 radical (unpaired) electrons. The van der Waals surface area contributed by atoms with Gasteiger partial charge in [-0.15, -0.1) is 11.3 Å². The van der Waals surface area contributed by atoms with Gasteiger partial charge in [0.25, 0.3) is 0 Å². The molecular formula is C13H17N3OS. The van der Waals surface area contributed by atoms with Crippen molar-refractivity contribution in [2.45, 2.75) is 26.8 Å². The zero-order valence-electron chi connectivity index (χ0n) is 11.0. The summed E-state index contributed by atoms with van der Waals surface area (Å²) in [4.78, 5) is 11.1. The Morgan fingerprint density at radius 1 is 1.39 bits per heavy atom. The Hall–Kier alpha value is -1.62. The number of nitrogens with one attached hydrogen (secondary N) is 1. The summed E-state index contributed by atoms with van der Waals surface area (Å²) in [6.45, 7) is 6.37. The van der Waals surface area contributed by atoms with Gasteiger partial charge in [-0.25, -0.2) is 4.98 Å². The monoisotopic (exact) mass is 263 g/mol. The fourth-order valence-electron chi connectivity index (χ4n) is 1.88. The third-order valence-corrected chi connectivity index (χ3v) is 3.71. The summed E-state index contributed by atoms with van der Waals surface area (Å²) in [5, 5.41) is 3.29. The predicted octanol–water partition coefficient (Wildman–Crippen LogP) is 3.34. The van der Waals surface area contributed by atoms with E-state index in [-0.39, 0.29) is 6.04 Å². The highest BCUT2D eigenvalue weighted by Gasteiger charge is 2.12. The van der Waals surface area contributed by atoms with Crippen LogP contribution in [-0.4, -0.2) is 17.1 Å². The zero-order chi connectivity index (χ0) is 13.1. The second-order valence-corrected chi connectivity index (χ2v) is 5.62. The number of nitrogens with zero attached hydrogens (tertiary/aromatic N) is 2. The maximum Gasteiger partial charge on any atom is 0.226 e. The van der Waals surface area contributed by atoms with Crippen molar-refractivity contribution in [3.05, 3.63) is 33.6 Å². The van der Waals surface area contributed by atoms with Gasteiger partial charge in [-0.3, -0.25) is 0 Å². The summed E-state index contributed by atoms with van der Waals surface area (Å²) in [7, 11) is 1.60. The first-order chi connectivity index (χ1) is 8.60. The van der Waals surface area contributed by atoms with Crippen LogP contribution in [0.15, 0.2) is 18.3 Å². The SMILES string of the molecule is COc1ccnc(NC(C)c2cc(C)sc2C)n1. The normalized spacial score (nSPS) is 12.2. The first-order valence-corrected chi connectivity index (χ1v) is 6.62. The smallest absolute Gasteiger partial charge is 0.226 e. The molecule has 96 valence electrons. The van der Waals surface area contributed by atoms with Crippen molar-refractivity contribution in [1.82, 2.24) is 9.97 Å². The number of hydrogen-bond donors (Lipinski definition) is 1. The van der Waals surface area contributed by atoms with Crippen molar-refractivity contribution in [1.29, 1.82) is 0 Å². The Morgan fingerprint density at radius 2 is 2.17 bits per heavy atom. The van der Waals surface area contributed by atoms with Crippen molar-refractivity contribution in [3.63, 3.8) is 0 Å². The maximum atomic E-state index is 5.08. The van der Waals surface area contributed by atoms with Crippen LogP contribution in [0.3, 0.4) is 0 Å². The van der Waals surface area contributed by atoms with E-state index in [1.165, 1.54) is 15.3 Å². The summed E-state index contributed by atoms with van der Waals surface area (Å²) >= 11 is 1.81. The molecule has 0 fully saturated rings. The Labute approximate surface area is 111 Å². The van der Waals surface area contributed by atoms with Gasteiger partial charge in [0, 0.05) is 22.0 Å². The Morgan fingerprint density at radius 3 is 2.78 bits per heavy atom. The molecule has 2 heterocycles. The van der Waals surface area contributed by atoms with Crippen molar-refractivity contribution in [3.8, 4) is 5.88 Å². The fraction of sp³-hybridized carbons (Fsp3) is 0.385. The molecule has 0 aliphatic heterocycles. The number of aromatic nitrogens is 2. The Balaban J connectivity index is 2.15. The highest BCUT2D eigenvalue weighted by atomic mass is 32.1. The van der Waals surface area contributed by atoms with E-state index in [0.29, 0.717) is 11.8 Å². The van der Waals surface area contributed by atoms with E-state index >= 15 is 0 Å². The van der Waals surface area contributed by atoms with Crippen LogP contribution in [0.1, 0.15) is 28.3 Å². The van der Waals surface area contributed by atoms with Gasteiger partial charge in [-0.1, -0.05) is 0 Å². The van der Waals surface area contributed by atoms with Crippen LogP contribution in [0.2, 0.25) is 0 Å². The molecule has 5 heteroatoms. The number of thiophene rings is 1. The van der Waals surface area contributed by atoms with Gasteiger partial charge in [0.2, 0.25) is 11.8 Å². The molecular weight excluding hydrogens is 246 g/mol. The van der Waals surface area contributed by atoms with Crippen LogP contribution >= 0.6 is 11.3 Å². The number of methoxy groups -OCH3 is 1. The Kier molecular flexibility index (Phi) is 3.81. The molecule has 0 amide bonds. The lowest BCUT2D eigenvalue weighted by Gasteiger charge is -2.13. The maximum absolute atomic E-state index is 5.08. The first kappa shape index (κ1) is 12.8. The zero-order valence-corrected chi connectivity index (χ0v) is 11.8. The van der Waals surface area contributed by atoms with Crippen LogP contribution in [0.5, 0.6) is 5.88 Å². The van der Waals surface area contributed by atoms with Gasteiger partial charge in [-0.05, 0) is 32.4 Å². The lowest BCUT2D eigenvalue weighted by atomic mass is 10.1. The van der Waals surface area contributed by atoms with E-state index in [1.54, 1.807) is 19.4 Å². The van der Waals surface area contributed by atoms with Gasteiger partial charge in [0.15, 0.2) is 0 Å². The number of anilines is 1. The third kappa shape index (κ3) is 2.79. The Bertz CT molecular complexity index is 539. The minimum atomic E-state index is 0.182. The second kappa shape index (κ2) is 5.35. The first-order valence-electron chi connectivity index (χ1n) is 5.80. The fourth-order valence-corrected chi connectivity index (χ4v) is 2.90. The van der Waals surface area contributed by atoms with Crippen molar-refractivity contribution in [2.24, 2.45) is 0 Å². The van der Waals surface area contributed by atoms with Crippen molar-refractivity contribution < 1.29 is 4.74 Å². The molecule has 1 N–H and O–H groups in total. The average Bonchev–Trinajstić information content (AvgIpc) is 2.69. The van der Waals surface area contributed by atoms with Crippen LogP contribution in [0.4, 0.5) is 5.95 Å². The quantitative estimate of drug-likeness (QED) is 0.919. The molecule has 0 aliphatic rings. The minimum absolute atomic E-state index is 0.182. The second-order valence-electron chi connectivity index (χ2n) is 4.16. The number of aryl methyl sites for hydroxylation is 2. The highest BCUT2D eigenvalue weighted by molar-refractivity contribution is 7.12. The van der Waals surface area contributed by atoms with Gasteiger partial charge in [0.05, 0.1) is 13.2 Å². The van der Waals surface area contributed by atoms with Gasteiger partial charge >= 0.3 is 0 Å². The van der Waals surface area contributed by atoms with Gasteiger partial charge in [0.1, 0.15) is 0 Å². The highest BCUT2D eigenvalue weighted by Crippen LogP contribution is 2.27. The number of ether oxygens (including phenoxy) is 1. The molecule has 4 nitrogen and oxygen atoms in total. The van der Waals surface area contributed by atoms with Crippen LogP contribution in [-0.2, 0) is 0 Å². The van der Waals surface area contributed by atoms with E-state index in [9.17, 15) is 0 Å². The molecule has 2 aromatic rings. The predicted molar refractivity (Wildman–Crippen MR) is 74.4 cm³/mol. The van der Waals surface area contributed by atoms with Crippen molar-refractivity contribution in [2.75, 3.05) is 12.4 Å². The number of rotatable bonds is 4. The molecule has 18 heavy (non-hydrogen) atoms. The molecule has 0 bridgehead atoms. The minimum Gasteiger partial charge on any atom is -0.481 e. The standard InChI is InChI=1S/C13H17N3OS/c1-8-7-11(10(3)18-8)9(2)15-13-14-6-5-12(16-13)17-4/h5-7,9H,1-4H3,(H,14,15,16). The van der Waals surface area contributed by atoms with Gasteiger partial charge < -0.3 is 10.1 Å². The molecule has 0 saturated heterocycles. The largest absolute Gasteiger partial charge is 0.481 e. The molecule has 0 aromatic carbocycles. The van der Waals surface area contributed by atoms with Crippen LogP contribution in [0, 0.1) is 13.8 Å². The van der Waals surface area contributed by atoms with Crippen LogP contribution in [0.25, 0.3) is 0 Å². The molecule has 2 aromatic heterocycles. The van der Waals surface area contributed by atoms with E-state index < -0.39 is 0 Å². The summed E-state index contributed by atoms with van der Waals surface area (Å²) in [5.41, 5.74) is 1.30. The molecule has 0 aliphatic carbocycles. The molecule has 2 rings (SSSR count). The molecule has 0 saturated carbocycles. The average molecular weight is 263 g/mol. The summed E-state index contributed by atoms with van der Waals surface area (Å²) in [5.74, 6) is 1.16. The van der Waals surface area contributed by atoms with Crippen molar-refractivity contribution >= 4 is 17.3 Å².